The van der Waals surface area contributed by atoms with Gasteiger partial charge in [0.2, 0.25) is 11.8 Å². The second-order valence-corrected chi connectivity index (χ2v) is 6.87. The maximum Gasteiger partial charge on any atom is 0.237 e. The van der Waals surface area contributed by atoms with E-state index < -0.39 is 5.92 Å². The normalized spacial score (nSPS) is 21.4. The number of ether oxygens (including phenoxy) is 1. The zero-order valence-electron chi connectivity index (χ0n) is 13.8. The van der Waals surface area contributed by atoms with E-state index in [0.29, 0.717) is 12.2 Å². The molecule has 0 spiro atoms. The van der Waals surface area contributed by atoms with Gasteiger partial charge in [-0.1, -0.05) is 20.8 Å². The van der Waals surface area contributed by atoms with Crippen molar-refractivity contribution >= 4 is 17.5 Å². The summed E-state index contributed by atoms with van der Waals surface area (Å²) in [5, 5.41) is 5.69. The fourth-order valence-electron chi connectivity index (χ4n) is 2.84. The highest BCUT2D eigenvalue weighted by Gasteiger charge is 2.45. The van der Waals surface area contributed by atoms with Gasteiger partial charge in [0.1, 0.15) is 11.7 Å². The van der Waals surface area contributed by atoms with Gasteiger partial charge in [-0.15, -0.1) is 0 Å². The van der Waals surface area contributed by atoms with Crippen LogP contribution in [-0.2, 0) is 9.59 Å². The molecule has 2 N–H and O–H groups in total. The van der Waals surface area contributed by atoms with Crippen LogP contribution in [0.4, 0.5) is 5.69 Å². The molecule has 0 aromatic heterocycles. The van der Waals surface area contributed by atoms with Crippen molar-refractivity contribution in [1.82, 2.24) is 5.32 Å². The van der Waals surface area contributed by atoms with Gasteiger partial charge in [0, 0.05) is 18.2 Å². The zero-order chi connectivity index (χ0) is 16.5. The highest BCUT2D eigenvalue weighted by atomic mass is 16.5. The predicted molar refractivity (Wildman–Crippen MR) is 85.8 cm³/mol. The van der Waals surface area contributed by atoms with Gasteiger partial charge in [0.25, 0.3) is 0 Å². The minimum atomic E-state index is -0.651. The molecule has 1 aliphatic rings. The molecule has 22 heavy (non-hydrogen) atoms. The summed E-state index contributed by atoms with van der Waals surface area (Å²) in [6.45, 7) is 8.60. The van der Waals surface area contributed by atoms with Crippen LogP contribution >= 0.6 is 0 Å². The Kier molecular flexibility index (Phi) is 4.44. The maximum absolute atomic E-state index is 12.6. The SMILES string of the molecule is COc1ccc(NC(=O)[C@H]2C(=O)NC[C@@H]2C(C)(C)C)c(C)c1. The number of benzene rings is 1. The molecule has 0 radical (unpaired) electrons. The molecule has 1 saturated heterocycles. The molecular formula is C17H24N2O3. The van der Waals surface area contributed by atoms with Gasteiger partial charge >= 0.3 is 0 Å². The lowest BCUT2D eigenvalue weighted by atomic mass is 9.74. The number of carbonyl (C=O) groups excluding carboxylic acids is 2. The lowest BCUT2D eigenvalue weighted by Gasteiger charge is -2.29. The maximum atomic E-state index is 12.6. The Hall–Kier alpha value is -2.04. The minimum absolute atomic E-state index is 0.0152. The summed E-state index contributed by atoms with van der Waals surface area (Å²) in [5.41, 5.74) is 1.49. The van der Waals surface area contributed by atoms with E-state index in [1.165, 1.54) is 0 Å². The Bertz CT molecular complexity index is 590. The first-order chi connectivity index (χ1) is 10.2. The van der Waals surface area contributed by atoms with Crippen LogP contribution in [0.15, 0.2) is 18.2 Å². The van der Waals surface area contributed by atoms with E-state index in [1.807, 2.05) is 13.0 Å². The van der Waals surface area contributed by atoms with Gasteiger partial charge in [-0.2, -0.15) is 0 Å². The largest absolute Gasteiger partial charge is 0.497 e. The van der Waals surface area contributed by atoms with Crippen molar-refractivity contribution in [1.29, 1.82) is 0 Å². The van der Waals surface area contributed by atoms with Crippen LogP contribution in [0.25, 0.3) is 0 Å². The summed E-state index contributed by atoms with van der Waals surface area (Å²) in [4.78, 5) is 24.6. The average molecular weight is 304 g/mol. The summed E-state index contributed by atoms with van der Waals surface area (Å²) in [6, 6.07) is 5.44. The number of methoxy groups -OCH3 is 1. The molecule has 0 bridgehead atoms. The second kappa shape index (κ2) is 5.99. The summed E-state index contributed by atoms with van der Waals surface area (Å²) in [5.74, 6) is -0.367. The topological polar surface area (TPSA) is 67.4 Å². The van der Waals surface area contributed by atoms with Crippen molar-refractivity contribution in [2.24, 2.45) is 17.3 Å². The molecule has 2 rings (SSSR count). The van der Waals surface area contributed by atoms with Gasteiger partial charge in [-0.25, -0.2) is 0 Å². The number of hydrogen-bond donors (Lipinski definition) is 2. The van der Waals surface area contributed by atoms with Gasteiger partial charge < -0.3 is 15.4 Å². The van der Waals surface area contributed by atoms with Crippen LogP contribution in [0.3, 0.4) is 0 Å². The van der Waals surface area contributed by atoms with Crippen LogP contribution in [0.2, 0.25) is 0 Å². The summed E-state index contributed by atoms with van der Waals surface area (Å²) in [6.07, 6.45) is 0. The van der Waals surface area contributed by atoms with E-state index in [1.54, 1.807) is 19.2 Å². The molecule has 1 aromatic carbocycles. The first kappa shape index (κ1) is 16.3. The fourth-order valence-corrected chi connectivity index (χ4v) is 2.84. The molecule has 2 amide bonds. The monoisotopic (exact) mass is 304 g/mol. The predicted octanol–water partition coefficient (Wildman–Crippen LogP) is 2.35. The molecule has 0 unspecified atom stereocenters. The summed E-state index contributed by atoms with van der Waals surface area (Å²) < 4.78 is 5.16. The van der Waals surface area contributed by atoms with Crippen molar-refractivity contribution in [2.45, 2.75) is 27.7 Å². The standard InChI is InChI=1S/C17H24N2O3/c1-10-8-11(22-5)6-7-13(10)19-16(21)14-12(17(2,3)4)9-18-15(14)20/h6-8,12,14H,9H2,1-5H3,(H,18,20)(H,19,21)/t12-,14+/m0/s1. The summed E-state index contributed by atoms with van der Waals surface area (Å²) in [7, 11) is 1.60. The molecule has 1 fully saturated rings. The Balaban J connectivity index is 2.19. The third-order valence-corrected chi connectivity index (χ3v) is 4.27. The van der Waals surface area contributed by atoms with Crippen molar-refractivity contribution in [3.8, 4) is 5.75 Å². The van der Waals surface area contributed by atoms with Crippen LogP contribution in [0.1, 0.15) is 26.3 Å². The highest BCUT2D eigenvalue weighted by molar-refractivity contribution is 6.08. The zero-order valence-corrected chi connectivity index (χ0v) is 13.8. The van der Waals surface area contributed by atoms with E-state index in [-0.39, 0.29) is 23.1 Å². The van der Waals surface area contributed by atoms with E-state index >= 15 is 0 Å². The number of carbonyl (C=O) groups is 2. The van der Waals surface area contributed by atoms with E-state index in [4.69, 9.17) is 4.74 Å². The Morgan fingerprint density at radius 2 is 2.05 bits per heavy atom. The molecule has 2 atom stereocenters. The molecule has 5 nitrogen and oxygen atoms in total. The quantitative estimate of drug-likeness (QED) is 0.842. The lowest BCUT2D eigenvalue weighted by molar-refractivity contribution is -0.132. The van der Waals surface area contributed by atoms with Gasteiger partial charge in [-0.3, -0.25) is 9.59 Å². The van der Waals surface area contributed by atoms with Crippen molar-refractivity contribution in [2.75, 3.05) is 19.0 Å². The highest BCUT2D eigenvalue weighted by Crippen LogP contribution is 2.36. The Labute approximate surface area is 131 Å². The smallest absolute Gasteiger partial charge is 0.237 e. The summed E-state index contributed by atoms with van der Waals surface area (Å²) >= 11 is 0. The third-order valence-electron chi connectivity index (χ3n) is 4.27. The van der Waals surface area contributed by atoms with E-state index in [2.05, 4.69) is 31.4 Å². The number of hydrogen-bond acceptors (Lipinski definition) is 3. The molecule has 1 heterocycles. The van der Waals surface area contributed by atoms with Crippen LogP contribution in [-0.4, -0.2) is 25.5 Å². The average Bonchev–Trinajstić information content (AvgIpc) is 2.83. The minimum Gasteiger partial charge on any atom is -0.497 e. The van der Waals surface area contributed by atoms with Gasteiger partial charge in [0.15, 0.2) is 0 Å². The van der Waals surface area contributed by atoms with Crippen molar-refractivity contribution < 1.29 is 14.3 Å². The van der Waals surface area contributed by atoms with Crippen LogP contribution < -0.4 is 15.4 Å². The van der Waals surface area contributed by atoms with Crippen molar-refractivity contribution in [3.05, 3.63) is 23.8 Å². The fraction of sp³-hybridized carbons (Fsp3) is 0.529. The molecule has 1 aliphatic heterocycles. The van der Waals surface area contributed by atoms with Gasteiger partial charge in [0.05, 0.1) is 7.11 Å². The number of anilines is 1. The molecule has 120 valence electrons. The molecule has 0 aliphatic carbocycles. The van der Waals surface area contributed by atoms with E-state index in [0.717, 1.165) is 11.3 Å². The number of amides is 2. The molecule has 1 aromatic rings. The number of nitrogens with one attached hydrogen (secondary N) is 2. The third kappa shape index (κ3) is 3.24. The first-order valence-corrected chi connectivity index (χ1v) is 7.47. The Morgan fingerprint density at radius 1 is 1.36 bits per heavy atom. The van der Waals surface area contributed by atoms with Crippen LogP contribution in [0, 0.1) is 24.2 Å². The van der Waals surface area contributed by atoms with Crippen molar-refractivity contribution in [3.63, 3.8) is 0 Å². The molecule has 0 saturated carbocycles. The number of rotatable bonds is 3. The molecule has 5 heteroatoms. The number of aryl methyl sites for hydroxylation is 1. The second-order valence-electron chi connectivity index (χ2n) is 6.87. The first-order valence-electron chi connectivity index (χ1n) is 7.47. The van der Waals surface area contributed by atoms with Crippen LogP contribution in [0.5, 0.6) is 5.75 Å². The Morgan fingerprint density at radius 3 is 2.59 bits per heavy atom. The van der Waals surface area contributed by atoms with E-state index in [9.17, 15) is 9.59 Å². The molecular weight excluding hydrogens is 280 g/mol. The van der Waals surface area contributed by atoms with Gasteiger partial charge in [-0.05, 0) is 36.1 Å². The lowest BCUT2D eigenvalue weighted by Crippen LogP contribution is -2.37.